The Labute approximate surface area is 207 Å². The topological polar surface area (TPSA) is 114 Å². The van der Waals surface area contributed by atoms with Crippen molar-refractivity contribution in [1.29, 1.82) is 0 Å². The summed E-state index contributed by atoms with van der Waals surface area (Å²) in [5.41, 5.74) is 1.09. The van der Waals surface area contributed by atoms with Gasteiger partial charge in [-0.25, -0.2) is 13.1 Å². The molecule has 1 amide bonds. The molecule has 1 atom stereocenters. The van der Waals surface area contributed by atoms with Crippen molar-refractivity contribution in [2.45, 2.75) is 11.0 Å². The molecule has 0 spiro atoms. The van der Waals surface area contributed by atoms with Gasteiger partial charge < -0.3 is 19.9 Å². The van der Waals surface area contributed by atoms with Gasteiger partial charge in [0.25, 0.3) is 0 Å². The lowest BCUT2D eigenvalue weighted by Crippen LogP contribution is -2.33. The van der Waals surface area contributed by atoms with Crippen LogP contribution in [0.3, 0.4) is 0 Å². The quantitative estimate of drug-likeness (QED) is 0.389. The van der Waals surface area contributed by atoms with Crippen molar-refractivity contribution in [1.82, 2.24) is 4.72 Å². The molecule has 3 rings (SSSR count). The summed E-state index contributed by atoms with van der Waals surface area (Å²) < 4.78 is 37.7. The number of hydrogen-bond acceptors (Lipinski definition) is 6. The predicted octanol–water partition coefficient (Wildman–Crippen LogP) is 4.01. The normalized spacial score (nSPS) is 12.1. The van der Waals surface area contributed by atoms with Crippen LogP contribution in [-0.2, 0) is 14.8 Å². The Morgan fingerprint density at radius 3 is 2.35 bits per heavy atom. The van der Waals surface area contributed by atoms with E-state index < -0.39 is 28.6 Å². The molecule has 0 aliphatic rings. The van der Waals surface area contributed by atoms with E-state index in [2.05, 4.69) is 10.0 Å². The highest BCUT2D eigenvalue weighted by atomic mass is 35.5. The van der Waals surface area contributed by atoms with Crippen LogP contribution < -0.4 is 19.5 Å². The van der Waals surface area contributed by atoms with Crippen molar-refractivity contribution in [3.63, 3.8) is 0 Å². The lowest BCUT2D eigenvalue weighted by atomic mass is 10.00. The van der Waals surface area contributed by atoms with E-state index in [9.17, 15) is 18.3 Å². The van der Waals surface area contributed by atoms with Crippen molar-refractivity contribution < 1.29 is 27.8 Å². The molecule has 34 heavy (non-hydrogen) atoms. The van der Waals surface area contributed by atoms with Crippen LogP contribution in [-0.4, -0.2) is 40.2 Å². The average molecular weight is 525 g/mol. The Hall–Kier alpha value is -2.82. The lowest BCUT2D eigenvalue weighted by Gasteiger charge is -2.18. The second-order valence-corrected chi connectivity index (χ2v) is 9.72. The number of halogens is 2. The molecule has 3 aromatic carbocycles. The number of nitrogens with one attached hydrogen (secondary N) is 2. The van der Waals surface area contributed by atoms with Crippen molar-refractivity contribution in [2.24, 2.45) is 0 Å². The van der Waals surface area contributed by atoms with E-state index in [-0.39, 0.29) is 16.3 Å². The zero-order chi connectivity index (χ0) is 24.9. The summed E-state index contributed by atoms with van der Waals surface area (Å²) in [7, 11) is -1.20. The summed E-state index contributed by atoms with van der Waals surface area (Å²) in [6.45, 7) is -0.550. The number of ether oxygens (including phenoxy) is 2. The number of aliphatic hydroxyl groups is 1. The number of aliphatic hydroxyl groups excluding tert-OH is 1. The number of carbonyl (C=O) groups excluding carboxylic acids is 1. The number of anilines is 1. The van der Waals surface area contributed by atoms with Crippen LogP contribution in [0, 0.1) is 0 Å². The maximum absolute atomic E-state index is 12.6. The largest absolute Gasteiger partial charge is 0.493 e. The van der Waals surface area contributed by atoms with Gasteiger partial charge in [-0.3, -0.25) is 4.79 Å². The summed E-state index contributed by atoms with van der Waals surface area (Å²) in [6.07, 6.45) is -1.13. The van der Waals surface area contributed by atoms with Crippen LogP contribution in [0.4, 0.5) is 5.69 Å². The molecule has 0 aliphatic heterocycles. The third-order valence-electron chi connectivity index (χ3n) is 4.83. The molecule has 0 radical (unpaired) electrons. The fraction of sp³-hybridized carbons (Fsp3) is 0.174. The first-order valence-electron chi connectivity index (χ1n) is 9.89. The van der Waals surface area contributed by atoms with Crippen LogP contribution in [0.25, 0.3) is 0 Å². The molecule has 11 heteroatoms. The van der Waals surface area contributed by atoms with Gasteiger partial charge in [0.1, 0.15) is 6.10 Å². The molecule has 180 valence electrons. The Kier molecular flexibility index (Phi) is 8.40. The zero-order valence-corrected chi connectivity index (χ0v) is 20.5. The molecule has 0 aromatic heterocycles. The molecule has 0 saturated heterocycles. The Bertz CT molecular complexity index is 1300. The molecule has 0 aliphatic carbocycles. The first kappa shape index (κ1) is 25.8. The maximum atomic E-state index is 12.6. The molecular weight excluding hydrogens is 503 g/mol. The number of benzene rings is 3. The number of amides is 1. The number of hydrogen-bond donors (Lipinski definition) is 3. The van der Waals surface area contributed by atoms with Crippen LogP contribution in [0.5, 0.6) is 11.5 Å². The maximum Gasteiger partial charge on any atom is 0.241 e. The van der Waals surface area contributed by atoms with Crippen molar-refractivity contribution in [2.75, 3.05) is 26.1 Å². The van der Waals surface area contributed by atoms with Crippen LogP contribution in [0.1, 0.15) is 17.2 Å². The number of sulfonamides is 1. The minimum absolute atomic E-state index is 0.0958. The lowest BCUT2D eigenvalue weighted by molar-refractivity contribution is -0.115. The van der Waals surface area contributed by atoms with E-state index in [4.69, 9.17) is 32.7 Å². The second kappa shape index (κ2) is 11.1. The summed E-state index contributed by atoms with van der Waals surface area (Å²) >= 11 is 12.1. The standard InChI is InChI=1S/C23H22Cl2N2O6S/c1-32-20-9-7-17(12-21(20)33-2)34(30,31)26-13-22(28)27-19-8-6-16(25)11-18(19)23(29)14-4-3-5-15(24)10-14/h3-12,23,26,29H,13H2,1-2H3,(H,27,28). The van der Waals surface area contributed by atoms with Crippen LogP contribution >= 0.6 is 23.2 Å². The molecule has 3 N–H and O–H groups in total. The highest BCUT2D eigenvalue weighted by Crippen LogP contribution is 2.32. The van der Waals surface area contributed by atoms with Gasteiger partial charge in [0.2, 0.25) is 15.9 Å². The van der Waals surface area contributed by atoms with E-state index in [0.717, 1.165) is 0 Å². The predicted molar refractivity (Wildman–Crippen MR) is 130 cm³/mol. The first-order chi connectivity index (χ1) is 16.1. The molecular formula is C23H22Cl2N2O6S. The number of methoxy groups -OCH3 is 2. The minimum atomic E-state index is -4.02. The summed E-state index contributed by atoms with van der Waals surface area (Å²) in [5.74, 6) is -0.0470. The molecule has 0 heterocycles. The zero-order valence-electron chi connectivity index (χ0n) is 18.2. The molecule has 0 fully saturated rings. The summed E-state index contributed by atoms with van der Waals surface area (Å²) in [5, 5.41) is 14.2. The van der Waals surface area contributed by atoms with Gasteiger partial charge in [0.05, 0.1) is 25.7 Å². The highest BCUT2D eigenvalue weighted by Gasteiger charge is 2.20. The van der Waals surface area contributed by atoms with Crippen molar-refractivity contribution in [3.05, 3.63) is 81.8 Å². The van der Waals surface area contributed by atoms with Crippen LogP contribution in [0.2, 0.25) is 10.0 Å². The van der Waals surface area contributed by atoms with Gasteiger partial charge in [-0.05, 0) is 48.0 Å². The van der Waals surface area contributed by atoms with Gasteiger partial charge in [0.15, 0.2) is 11.5 Å². The summed E-state index contributed by atoms with van der Waals surface area (Å²) in [6, 6.07) is 15.3. The van der Waals surface area contributed by atoms with Gasteiger partial charge >= 0.3 is 0 Å². The molecule has 8 nitrogen and oxygen atoms in total. The highest BCUT2D eigenvalue weighted by molar-refractivity contribution is 7.89. The van der Waals surface area contributed by atoms with Crippen molar-refractivity contribution >= 4 is 44.8 Å². The van der Waals surface area contributed by atoms with Crippen molar-refractivity contribution in [3.8, 4) is 11.5 Å². The fourth-order valence-electron chi connectivity index (χ4n) is 3.15. The van der Waals surface area contributed by atoms with E-state index in [1.54, 1.807) is 30.3 Å². The third kappa shape index (κ3) is 6.19. The molecule has 0 saturated carbocycles. The Morgan fingerprint density at radius 2 is 1.68 bits per heavy atom. The molecule has 0 bridgehead atoms. The van der Waals surface area contributed by atoms with Gasteiger partial charge in [-0.2, -0.15) is 0 Å². The first-order valence-corrected chi connectivity index (χ1v) is 12.1. The molecule has 3 aromatic rings. The number of rotatable bonds is 9. The molecule has 1 unspecified atom stereocenters. The Balaban J connectivity index is 1.75. The van der Waals surface area contributed by atoms with Gasteiger partial charge in [0, 0.05) is 27.4 Å². The van der Waals surface area contributed by atoms with Crippen LogP contribution in [0.15, 0.2) is 65.6 Å². The number of carbonyl (C=O) groups is 1. The van der Waals surface area contributed by atoms with E-state index in [1.807, 2.05) is 0 Å². The van der Waals surface area contributed by atoms with Gasteiger partial charge in [-0.15, -0.1) is 0 Å². The van der Waals surface area contributed by atoms with E-state index in [0.29, 0.717) is 26.9 Å². The van der Waals surface area contributed by atoms with Gasteiger partial charge in [-0.1, -0.05) is 35.3 Å². The summed E-state index contributed by atoms with van der Waals surface area (Å²) in [4.78, 5) is 12.5. The Morgan fingerprint density at radius 1 is 0.971 bits per heavy atom. The smallest absolute Gasteiger partial charge is 0.241 e. The van der Waals surface area contributed by atoms with E-state index >= 15 is 0 Å². The second-order valence-electron chi connectivity index (χ2n) is 7.08. The average Bonchev–Trinajstić information content (AvgIpc) is 2.83. The third-order valence-corrected chi connectivity index (χ3v) is 6.70. The fourth-order valence-corrected chi connectivity index (χ4v) is 4.53. The monoisotopic (exact) mass is 524 g/mol. The minimum Gasteiger partial charge on any atom is -0.493 e. The van der Waals surface area contributed by atoms with E-state index in [1.165, 1.54) is 44.6 Å². The SMILES string of the molecule is COc1ccc(S(=O)(=O)NCC(=O)Nc2ccc(Cl)cc2C(O)c2cccc(Cl)c2)cc1OC.